The monoisotopic (exact) mass is 386 g/mol. The molecule has 27 heavy (non-hydrogen) atoms. The fourth-order valence-electron chi connectivity index (χ4n) is 3.01. The van der Waals surface area contributed by atoms with Gasteiger partial charge in [-0.3, -0.25) is 14.4 Å². The predicted molar refractivity (Wildman–Crippen MR) is 104 cm³/mol. The fourth-order valence-corrected chi connectivity index (χ4v) is 3.65. The quantitative estimate of drug-likeness (QED) is 0.586. The number of ether oxygens (including phenoxy) is 1. The number of esters is 1. The molecule has 0 atom stereocenters. The number of carbonyl (C=O) groups excluding carboxylic acids is 3. The number of rotatable bonds is 7. The van der Waals surface area contributed by atoms with Crippen LogP contribution in [0.4, 0.5) is 5.69 Å². The first kappa shape index (κ1) is 19.1. The van der Waals surface area contributed by atoms with Crippen LogP contribution in [0.3, 0.4) is 0 Å². The molecule has 0 spiro atoms. The van der Waals surface area contributed by atoms with Crippen LogP contribution in [0.1, 0.15) is 34.5 Å². The summed E-state index contributed by atoms with van der Waals surface area (Å²) in [4.78, 5) is 38.4. The normalized spacial score (nSPS) is 13.0. The number of amides is 2. The van der Waals surface area contributed by atoms with E-state index in [4.69, 9.17) is 4.74 Å². The molecule has 2 heterocycles. The molecule has 1 aliphatic rings. The van der Waals surface area contributed by atoms with E-state index in [-0.39, 0.29) is 24.8 Å². The van der Waals surface area contributed by atoms with Crippen molar-refractivity contribution in [3.05, 3.63) is 52.2 Å². The van der Waals surface area contributed by atoms with Crippen LogP contribution >= 0.6 is 11.3 Å². The smallest absolute Gasteiger partial charge is 0.306 e. The van der Waals surface area contributed by atoms with Crippen LogP contribution in [-0.4, -0.2) is 37.5 Å². The highest BCUT2D eigenvalue weighted by atomic mass is 32.1. The van der Waals surface area contributed by atoms with Gasteiger partial charge >= 0.3 is 5.97 Å². The Hall–Kier alpha value is -2.67. The molecule has 0 fully saturated rings. The maximum atomic E-state index is 12.4. The summed E-state index contributed by atoms with van der Waals surface area (Å²) >= 11 is 1.37. The van der Waals surface area contributed by atoms with E-state index in [1.807, 2.05) is 35.7 Å². The maximum Gasteiger partial charge on any atom is 0.306 e. The van der Waals surface area contributed by atoms with Gasteiger partial charge in [0.15, 0.2) is 6.61 Å². The first-order valence-electron chi connectivity index (χ1n) is 9.01. The van der Waals surface area contributed by atoms with Gasteiger partial charge in [-0.2, -0.15) is 0 Å². The number of nitrogens with zero attached hydrogens (tertiary/aromatic N) is 1. The molecule has 6 nitrogen and oxygen atoms in total. The number of nitrogens with one attached hydrogen (secondary N) is 1. The van der Waals surface area contributed by atoms with Gasteiger partial charge in [0.25, 0.3) is 11.8 Å². The van der Waals surface area contributed by atoms with Gasteiger partial charge in [-0.05, 0) is 42.3 Å². The van der Waals surface area contributed by atoms with Crippen molar-refractivity contribution in [1.29, 1.82) is 0 Å². The van der Waals surface area contributed by atoms with Crippen molar-refractivity contribution in [1.82, 2.24) is 5.32 Å². The number of anilines is 1. The van der Waals surface area contributed by atoms with Gasteiger partial charge in [0, 0.05) is 25.2 Å². The van der Waals surface area contributed by atoms with Crippen LogP contribution in [0.5, 0.6) is 0 Å². The van der Waals surface area contributed by atoms with E-state index in [9.17, 15) is 14.4 Å². The molecule has 0 bridgehead atoms. The minimum Gasteiger partial charge on any atom is -0.456 e. The molecule has 1 N–H and O–H groups in total. The summed E-state index contributed by atoms with van der Waals surface area (Å²) < 4.78 is 5.11. The van der Waals surface area contributed by atoms with E-state index in [0.29, 0.717) is 24.4 Å². The molecule has 2 aromatic rings. The van der Waals surface area contributed by atoms with Gasteiger partial charge in [0.05, 0.1) is 4.88 Å². The van der Waals surface area contributed by atoms with Crippen molar-refractivity contribution < 1.29 is 19.1 Å². The lowest BCUT2D eigenvalue weighted by molar-refractivity contribution is -0.147. The van der Waals surface area contributed by atoms with Gasteiger partial charge < -0.3 is 15.0 Å². The molecule has 0 unspecified atom stereocenters. The summed E-state index contributed by atoms with van der Waals surface area (Å²) in [6.45, 7) is 0.774. The third kappa shape index (κ3) is 5.17. The largest absolute Gasteiger partial charge is 0.456 e. The SMILES string of the molecule is O=C(CCCNC(=O)c1cccs1)OCC(=O)N1CCCc2ccccc21. The Balaban J connectivity index is 1.37. The third-order valence-corrected chi connectivity index (χ3v) is 5.22. The Bertz CT molecular complexity index is 804. The Kier molecular flexibility index (Phi) is 6.59. The highest BCUT2D eigenvalue weighted by molar-refractivity contribution is 7.12. The van der Waals surface area contributed by atoms with E-state index >= 15 is 0 Å². The highest BCUT2D eigenvalue weighted by Gasteiger charge is 2.22. The molecule has 7 heteroatoms. The zero-order chi connectivity index (χ0) is 19.1. The van der Waals surface area contributed by atoms with Crippen molar-refractivity contribution >= 4 is 34.8 Å². The Labute approximate surface area is 162 Å². The molecule has 0 saturated carbocycles. The van der Waals surface area contributed by atoms with E-state index in [1.165, 1.54) is 11.3 Å². The fraction of sp³-hybridized carbons (Fsp3) is 0.350. The molecule has 142 valence electrons. The molecule has 1 aliphatic heterocycles. The van der Waals surface area contributed by atoms with Crippen molar-refractivity contribution in [2.24, 2.45) is 0 Å². The van der Waals surface area contributed by atoms with Crippen LogP contribution in [0.25, 0.3) is 0 Å². The van der Waals surface area contributed by atoms with Crippen LogP contribution in [0.15, 0.2) is 41.8 Å². The van der Waals surface area contributed by atoms with E-state index in [0.717, 1.165) is 24.1 Å². The summed E-state index contributed by atoms with van der Waals surface area (Å²) in [5.74, 6) is -0.780. The number of fused-ring (bicyclic) bond motifs is 1. The Morgan fingerprint density at radius 1 is 1.15 bits per heavy atom. The van der Waals surface area contributed by atoms with Crippen LogP contribution in [-0.2, 0) is 20.7 Å². The minimum atomic E-state index is -0.431. The molecule has 2 amide bonds. The van der Waals surface area contributed by atoms with Crippen molar-refractivity contribution in [3.63, 3.8) is 0 Å². The van der Waals surface area contributed by atoms with Gasteiger partial charge in [0.1, 0.15) is 0 Å². The second-order valence-corrected chi connectivity index (χ2v) is 7.22. The lowest BCUT2D eigenvalue weighted by Crippen LogP contribution is -2.38. The highest BCUT2D eigenvalue weighted by Crippen LogP contribution is 2.26. The number of thiophene rings is 1. The Morgan fingerprint density at radius 2 is 2.00 bits per heavy atom. The zero-order valence-electron chi connectivity index (χ0n) is 15.0. The number of carbonyl (C=O) groups is 3. The van der Waals surface area contributed by atoms with Crippen molar-refractivity contribution in [3.8, 4) is 0 Å². The number of hydrogen-bond acceptors (Lipinski definition) is 5. The zero-order valence-corrected chi connectivity index (χ0v) is 15.8. The summed E-state index contributed by atoms with van der Waals surface area (Å²) in [6, 6.07) is 11.4. The van der Waals surface area contributed by atoms with Crippen molar-refractivity contribution in [2.45, 2.75) is 25.7 Å². The summed E-state index contributed by atoms with van der Waals surface area (Å²) in [6.07, 6.45) is 2.49. The summed E-state index contributed by atoms with van der Waals surface area (Å²) in [7, 11) is 0. The lowest BCUT2D eigenvalue weighted by atomic mass is 10.0. The lowest BCUT2D eigenvalue weighted by Gasteiger charge is -2.29. The second kappa shape index (κ2) is 9.32. The van der Waals surface area contributed by atoms with E-state index < -0.39 is 5.97 Å². The number of benzene rings is 1. The van der Waals surface area contributed by atoms with E-state index in [1.54, 1.807) is 11.0 Å². The maximum absolute atomic E-state index is 12.4. The predicted octanol–water partition coefficient (Wildman–Crippen LogP) is 2.78. The molecule has 0 radical (unpaired) electrons. The Morgan fingerprint density at radius 3 is 2.81 bits per heavy atom. The van der Waals surface area contributed by atoms with Crippen LogP contribution in [0, 0.1) is 0 Å². The van der Waals surface area contributed by atoms with Crippen molar-refractivity contribution in [2.75, 3.05) is 24.6 Å². The second-order valence-electron chi connectivity index (χ2n) is 6.28. The number of para-hydroxylation sites is 1. The summed E-state index contributed by atoms with van der Waals surface area (Å²) in [5, 5.41) is 4.59. The minimum absolute atomic E-state index is 0.141. The van der Waals surface area contributed by atoms with Crippen LogP contribution < -0.4 is 10.2 Å². The standard InChI is InChI=1S/C20H22N2O4S/c23-18(22-12-4-7-15-6-1-2-8-16(15)22)14-26-19(24)10-3-11-21-20(25)17-9-5-13-27-17/h1-2,5-6,8-9,13H,3-4,7,10-12,14H2,(H,21,25). The number of hydrogen-bond donors (Lipinski definition) is 1. The summed E-state index contributed by atoms with van der Waals surface area (Å²) in [5.41, 5.74) is 2.05. The average molecular weight is 386 g/mol. The molecule has 1 aromatic carbocycles. The topological polar surface area (TPSA) is 75.7 Å². The molecule has 1 aromatic heterocycles. The van der Waals surface area contributed by atoms with Gasteiger partial charge in [0.2, 0.25) is 0 Å². The van der Waals surface area contributed by atoms with E-state index in [2.05, 4.69) is 5.32 Å². The van der Waals surface area contributed by atoms with Crippen LogP contribution in [0.2, 0.25) is 0 Å². The van der Waals surface area contributed by atoms with Gasteiger partial charge in [-0.25, -0.2) is 0 Å². The van der Waals surface area contributed by atoms with Gasteiger partial charge in [-0.15, -0.1) is 11.3 Å². The third-order valence-electron chi connectivity index (χ3n) is 4.36. The average Bonchev–Trinajstić information content (AvgIpc) is 3.24. The first-order valence-corrected chi connectivity index (χ1v) is 9.88. The molecule has 0 aliphatic carbocycles. The number of aryl methyl sites for hydroxylation is 1. The first-order chi connectivity index (χ1) is 13.1. The molecular weight excluding hydrogens is 364 g/mol. The van der Waals surface area contributed by atoms with Gasteiger partial charge in [-0.1, -0.05) is 24.3 Å². The molecule has 3 rings (SSSR count). The molecular formula is C20H22N2O4S. The molecule has 0 saturated heterocycles.